The standard InChI is InChI=1S/C21H24O2S/c1-2-3-12-23-13-4-5-16-6-8-17(9-7-16)20-14-18-10-11-19(22)15-21(18)24-20/h6-11,14-15,22H,2-5,12-13H2,1H3. The Labute approximate surface area is 147 Å². The minimum Gasteiger partial charge on any atom is -0.508 e. The van der Waals surface area contributed by atoms with E-state index in [0.29, 0.717) is 5.75 Å². The number of hydrogen-bond donors (Lipinski definition) is 1. The Bertz CT molecular complexity index is 774. The van der Waals surface area contributed by atoms with Crippen LogP contribution in [-0.4, -0.2) is 18.3 Å². The smallest absolute Gasteiger partial charge is 0.117 e. The average Bonchev–Trinajstić information content (AvgIpc) is 3.01. The fraction of sp³-hybridized carbons (Fsp3) is 0.333. The summed E-state index contributed by atoms with van der Waals surface area (Å²) in [4.78, 5) is 1.24. The third kappa shape index (κ3) is 4.37. The van der Waals surface area contributed by atoms with Gasteiger partial charge in [0.1, 0.15) is 5.75 Å². The summed E-state index contributed by atoms with van der Waals surface area (Å²) in [6.07, 6.45) is 4.48. The van der Waals surface area contributed by atoms with Crippen LogP contribution in [0.1, 0.15) is 31.7 Å². The third-order valence-electron chi connectivity index (χ3n) is 4.14. The molecule has 0 spiro atoms. The van der Waals surface area contributed by atoms with Gasteiger partial charge in [0.25, 0.3) is 0 Å². The number of ether oxygens (including phenoxy) is 1. The highest BCUT2D eigenvalue weighted by molar-refractivity contribution is 7.22. The first-order valence-corrected chi connectivity index (χ1v) is 9.47. The SMILES string of the molecule is CCCCOCCCc1ccc(-c2cc3ccc(O)cc3s2)cc1. The Morgan fingerprint density at radius 1 is 0.958 bits per heavy atom. The van der Waals surface area contributed by atoms with Crippen molar-refractivity contribution in [3.05, 3.63) is 54.1 Å². The highest BCUT2D eigenvalue weighted by Crippen LogP contribution is 2.35. The third-order valence-corrected chi connectivity index (χ3v) is 5.29. The first-order valence-electron chi connectivity index (χ1n) is 8.66. The number of hydrogen-bond acceptors (Lipinski definition) is 3. The zero-order chi connectivity index (χ0) is 16.8. The maximum absolute atomic E-state index is 9.59. The number of unbranched alkanes of at least 4 members (excludes halogenated alkanes) is 1. The van der Waals surface area contributed by atoms with Gasteiger partial charge in [0.2, 0.25) is 0 Å². The molecule has 24 heavy (non-hydrogen) atoms. The van der Waals surface area contributed by atoms with Gasteiger partial charge in [-0.15, -0.1) is 11.3 Å². The Kier molecular flexibility index (Phi) is 5.89. The van der Waals surface area contributed by atoms with Crippen LogP contribution >= 0.6 is 11.3 Å². The van der Waals surface area contributed by atoms with Crippen molar-refractivity contribution >= 4 is 21.4 Å². The summed E-state index contributed by atoms with van der Waals surface area (Å²) in [5.74, 6) is 0.326. The number of rotatable bonds is 8. The Balaban J connectivity index is 1.59. The summed E-state index contributed by atoms with van der Waals surface area (Å²) in [6.45, 7) is 3.92. The molecule has 0 amide bonds. The number of thiophene rings is 1. The molecule has 3 rings (SSSR count). The summed E-state index contributed by atoms with van der Waals surface area (Å²) >= 11 is 1.72. The van der Waals surface area contributed by atoms with Gasteiger partial charge in [0.15, 0.2) is 0 Å². The predicted octanol–water partition coefficient (Wildman–Crippen LogP) is 6.02. The molecule has 0 unspecified atom stereocenters. The van der Waals surface area contributed by atoms with Gasteiger partial charge in [-0.1, -0.05) is 37.6 Å². The fourth-order valence-electron chi connectivity index (χ4n) is 2.72. The zero-order valence-electron chi connectivity index (χ0n) is 14.1. The van der Waals surface area contributed by atoms with Crippen molar-refractivity contribution in [1.29, 1.82) is 0 Å². The van der Waals surface area contributed by atoms with Gasteiger partial charge in [-0.25, -0.2) is 0 Å². The molecule has 0 aliphatic heterocycles. The van der Waals surface area contributed by atoms with Gasteiger partial charge in [0.05, 0.1) is 0 Å². The minimum absolute atomic E-state index is 0.326. The number of fused-ring (bicyclic) bond motifs is 1. The number of phenols is 1. The van der Waals surface area contributed by atoms with Crippen molar-refractivity contribution in [3.63, 3.8) is 0 Å². The molecule has 0 saturated carbocycles. The van der Waals surface area contributed by atoms with Crippen molar-refractivity contribution in [2.75, 3.05) is 13.2 Å². The molecule has 0 fully saturated rings. The molecule has 1 heterocycles. The molecule has 0 radical (unpaired) electrons. The molecule has 3 heteroatoms. The van der Waals surface area contributed by atoms with Crippen LogP contribution in [0, 0.1) is 0 Å². The van der Waals surface area contributed by atoms with Gasteiger partial charge in [-0.3, -0.25) is 0 Å². The summed E-state index contributed by atoms with van der Waals surface area (Å²) in [7, 11) is 0. The molecule has 1 aromatic heterocycles. The van der Waals surface area contributed by atoms with E-state index in [9.17, 15) is 5.11 Å². The minimum atomic E-state index is 0.326. The van der Waals surface area contributed by atoms with E-state index in [1.807, 2.05) is 12.1 Å². The normalized spacial score (nSPS) is 11.2. The van der Waals surface area contributed by atoms with Gasteiger partial charge >= 0.3 is 0 Å². The van der Waals surface area contributed by atoms with Crippen molar-refractivity contribution in [1.82, 2.24) is 0 Å². The number of aryl methyl sites for hydroxylation is 1. The Morgan fingerprint density at radius 3 is 2.54 bits per heavy atom. The maximum atomic E-state index is 9.59. The summed E-state index contributed by atoms with van der Waals surface area (Å²) in [5, 5.41) is 10.8. The molecule has 2 nitrogen and oxygen atoms in total. The number of phenolic OH excluding ortho intramolecular Hbond substituents is 1. The topological polar surface area (TPSA) is 29.5 Å². The average molecular weight is 340 g/mol. The van der Waals surface area contributed by atoms with E-state index < -0.39 is 0 Å². The van der Waals surface area contributed by atoms with Crippen LogP contribution in [0.4, 0.5) is 0 Å². The number of aromatic hydroxyl groups is 1. The van der Waals surface area contributed by atoms with Crippen LogP contribution in [0.25, 0.3) is 20.5 Å². The quantitative estimate of drug-likeness (QED) is 0.508. The van der Waals surface area contributed by atoms with Gasteiger partial charge in [0, 0.05) is 22.8 Å². The molecular weight excluding hydrogens is 316 g/mol. The van der Waals surface area contributed by atoms with Crippen LogP contribution in [0.3, 0.4) is 0 Å². The molecule has 126 valence electrons. The molecule has 0 saturated heterocycles. The monoisotopic (exact) mass is 340 g/mol. The zero-order valence-corrected chi connectivity index (χ0v) is 14.9. The molecule has 2 aromatic carbocycles. The number of benzene rings is 2. The first kappa shape index (κ1) is 17.0. The van der Waals surface area contributed by atoms with Gasteiger partial charge < -0.3 is 9.84 Å². The van der Waals surface area contributed by atoms with E-state index >= 15 is 0 Å². The second-order valence-electron chi connectivity index (χ2n) is 6.10. The predicted molar refractivity (Wildman–Crippen MR) is 103 cm³/mol. The molecule has 3 aromatic rings. The van der Waals surface area contributed by atoms with Crippen molar-refractivity contribution in [3.8, 4) is 16.2 Å². The van der Waals surface area contributed by atoms with E-state index in [1.54, 1.807) is 17.4 Å². The molecule has 1 N–H and O–H groups in total. The Hall–Kier alpha value is -1.84. The molecule has 0 aliphatic rings. The lowest BCUT2D eigenvalue weighted by Gasteiger charge is -2.04. The summed E-state index contributed by atoms with van der Waals surface area (Å²) in [6, 6.07) is 16.5. The fourth-order valence-corrected chi connectivity index (χ4v) is 3.83. The highest BCUT2D eigenvalue weighted by atomic mass is 32.1. The van der Waals surface area contributed by atoms with Crippen molar-refractivity contribution < 1.29 is 9.84 Å². The van der Waals surface area contributed by atoms with Gasteiger partial charge in [-0.05, 0) is 60.0 Å². The second-order valence-corrected chi connectivity index (χ2v) is 7.18. The van der Waals surface area contributed by atoms with Crippen LogP contribution in [0.2, 0.25) is 0 Å². The van der Waals surface area contributed by atoms with Crippen LogP contribution in [0.5, 0.6) is 5.75 Å². The van der Waals surface area contributed by atoms with Crippen LogP contribution in [-0.2, 0) is 11.2 Å². The van der Waals surface area contributed by atoms with Crippen LogP contribution < -0.4 is 0 Å². The van der Waals surface area contributed by atoms with E-state index in [2.05, 4.69) is 37.3 Å². The first-order chi connectivity index (χ1) is 11.8. The Morgan fingerprint density at radius 2 is 1.75 bits per heavy atom. The van der Waals surface area contributed by atoms with E-state index in [1.165, 1.54) is 27.8 Å². The highest BCUT2D eigenvalue weighted by Gasteiger charge is 2.05. The lowest BCUT2D eigenvalue weighted by atomic mass is 10.1. The lowest BCUT2D eigenvalue weighted by molar-refractivity contribution is 0.129. The molecule has 0 aliphatic carbocycles. The van der Waals surface area contributed by atoms with E-state index in [0.717, 1.165) is 37.2 Å². The molecule has 0 bridgehead atoms. The molecular formula is C21H24O2S. The largest absolute Gasteiger partial charge is 0.508 e. The van der Waals surface area contributed by atoms with E-state index in [4.69, 9.17) is 4.74 Å². The van der Waals surface area contributed by atoms with Crippen LogP contribution in [0.15, 0.2) is 48.5 Å². The van der Waals surface area contributed by atoms with Gasteiger partial charge in [-0.2, -0.15) is 0 Å². The maximum Gasteiger partial charge on any atom is 0.117 e. The van der Waals surface area contributed by atoms with Crippen molar-refractivity contribution in [2.24, 2.45) is 0 Å². The second kappa shape index (κ2) is 8.32. The summed E-state index contributed by atoms with van der Waals surface area (Å²) in [5.41, 5.74) is 2.59. The van der Waals surface area contributed by atoms with E-state index in [-0.39, 0.29) is 0 Å². The lowest BCUT2D eigenvalue weighted by Crippen LogP contribution is -1.98. The molecule has 0 atom stereocenters. The van der Waals surface area contributed by atoms with Crippen molar-refractivity contribution in [2.45, 2.75) is 32.6 Å². The summed E-state index contributed by atoms with van der Waals surface area (Å²) < 4.78 is 6.74.